The molecule has 0 aliphatic rings. The third-order valence-electron chi connectivity index (χ3n) is 4.75. The molecule has 0 aliphatic carbocycles. The van der Waals surface area contributed by atoms with Gasteiger partial charge >= 0.3 is 0 Å². The lowest BCUT2D eigenvalue weighted by Gasteiger charge is -2.17. The average molecular weight is 394 g/mol. The Bertz CT molecular complexity index is 1100. The summed E-state index contributed by atoms with van der Waals surface area (Å²) in [7, 11) is 1.81. The van der Waals surface area contributed by atoms with Crippen LogP contribution in [0.4, 0.5) is 11.5 Å². The predicted molar refractivity (Wildman–Crippen MR) is 119 cm³/mol. The third kappa shape index (κ3) is 4.70. The second kappa shape index (κ2) is 9.01. The van der Waals surface area contributed by atoms with E-state index < -0.39 is 0 Å². The molecule has 5 heteroatoms. The SMILES string of the molecule is CN(Cc1ccccc1)C(=O)c1ccc(Nc2ccc(-c3ccccc3)nn2)cc1. The van der Waals surface area contributed by atoms with Gasteiger partial charge in [0.15, 0.2) is 5.82 Å². The van der Waals surface area contributed by atoms with Crippen LogP contribution in [-0.2, 0) is 6.54 Å². The average Bonchev–Trinajstić information content (AvgIpc) is 2.81. The maximum atomic E-state index is 12.7. The van der Waals surface area contributed by atoms with E-state index in [9.17, 15) is 4.79 Å². The highest BCUT2D eigenvalue weighted by molar-refractivity contribution is 5.94. The number of aromatic nitrogens is 2. The van der Waals surface area contributed by atoms with Crippen LogP contribution in [0, 0.1) is 0 Å². The van der Waals surface area contributed by atoms with Gasteiger partial charge in [-0.3, -0.25) is 4.79 Å². The van der Waals surface area contributed by atoms with E-state index in [1.807, 2.05) is 104 Å². The Morgan fingerprint density at radius 1 is 0.800 bits per heavy atom. The van der Waals surface area contributed by atoms with Crippen LogP contribution in [0.5, 0.6) is 0 Å². The summed E-state index contributed by atoms with van der Waals surface area (Å²) in [5, 5.41) is 11.7. The van der Waals surface area contributed by atoms with Crippen LogP contribution in [0.3, 0.4) is 0 Å². The summed E-state index contributed by atoms with van der Waals surface area (Å²) in [5.41, 5.74) is 4.44. The Morgan fingerprint density at radius 2 is 1.47 bits per heavy atom. The molecule has 0 unspecified atom stereocenters. The number of anilines is 2. The van der Waals surface area contributed by atoms with E-state index in [0.717, 1.165) is 22.5 Å². The van der Waals surface area contributed by atoms with Crippen molar-refractivity contribution in [1.82, 2.24) is 15.1 Å². The molecular weight excluding hydrogens is 372 g/mol. The fourth-order valence-corrected chi connectivity index (χ4v) is 3.16. The van der Waals surface area contributed by atoms with Crippen LogP contribution in [0.1, 0.15) is 15.9 Å². The van der Waals surface area contributed by atoms with E-state index in [-0.39, 0.29) is 5.91 Å². The summed E-state index contributed by atoms with van der Waals surface area (Å²) in [6, 6.07) is 31.1. The first-order chi connectivity index (χ1) is 14.7. The number of hydrogen-bond donors (Lipinski definition) is 1. The van der Waals surface area contributed by atoms with Crippen LogP contribution in [0.25, 0.3) is 11.3 Å². The van der Waals surface area contributed by atoms with E-state index in [1.54, 1.807) is 4.90 Å². The van der Waals surface area contributed by atoms with Gasteiger partial charge in [-0.25, -0.2) is 0 Å². The zero-order chi connectivity index (χ0) is 20.8. The Hall–Kier alpha value is -3.99. The molecule has 1 aromatic heterocycles. The van der Waals surface area contributed by atoms with E-state index >= 15 is 0 Å². The number of benzene rings is 3. The number of rotatable bonds is 6. The van der Waals surface area contributed by atoms with E-state index in [4.69, 9.17) is 0 Å². The van der Waals surface area contributed by atoms with Gasteiger partial charge in [-0.1, -0.05) is 60.7 Å². The van der Waals surface area contributed by atoms with Gasteiger partial charge in [0.25, 0.3) is 5.91 Å². The number of nitrogens with zero attached hydrogens (tertiary/aromatic N) is 3. The first-order valence-electron chi connectivity index (χ1n) is 9.75. The predicted octanol–water partition coefficient (Wildman–Crippen LogP) is 5.16. The van der Waals surface area contributed by atoms with Gasteiger partial charge in [-0.15, -0.1) is 10.2 Å². The van der Waals surface area contributed by atoms with E-state index in [1.165, 1.54) is 0 Å². The standard InChI is InChI=1S/C25H22N4O/c1-29(18-19-8-4-2-5-9-19)25(30)21-12-14-22(15-13-21)26-24-17-16-23(27-28-24)20-10-6-3-7-11-20/h2-17H,18H2,1H3,(H,26,28). The lowest BCUT2D eigenvalue weighted by molar-refractivity contribution is 0.0785. The van der Waals surface area contributed by atoms with Crippen molar-refractivity contribution in [2.24, 2.45) is 0 Å². The van der Waals surface area contributed by atoms with Gasteiger partial charge < -0.3 is 10.2 Å². The fourth-order valence-electron chi connectivity index (χ4n) is 3.16. The normalized spacial score (nSPS) is 10.4. The van der Waals surface area contributed by atoms with Crippen molar-refractivity contribution in [3.63, 3.8) is 0 Å². The zero-order valence-corrected chi connectivity index (χ0v) is 16.7. The molecule has 148 valence electrons. The summed E-state index contributed by atoms with van der Waals surface area (Å²) in [4.78, 5) is 14.4. The number of amides is 1. The quantitative estimate of drug-likeness (QED) is 0.491. The molecule has 0 fully saturated rings. The largest absolute Gasteiger partial charge is 0.339 e. The minimum absolute atomic E-state index is 0.0163. The molecular formula is C25H22N4O. The van der Waals surface area contributed by atoms with Crippen molar-refractivity contribution >= 4 is 17.4 Å². The molecule has 1 heterocycles. The summed E-state index contributed by atoms with van der Waals surface area (Å²) < 4.78 is 0. The highest BCUT2D eigenvalue weighted by atomic mass is 16.2. The first-order valence-corrected chi connectivity index (χ1v) is 9.75. The molecule has 0 radical (unpaired) electrons. The zero-order valence-electron chi connectivity index (χ0n) is 16.7. The fraction of sp³-hybridized carbons (Fsp3) is 0.0800. The van der Waals surface area contributed by atoms with Gasteiger partial charge in [-0.05, 0) is 42.0 Å². The molecule has 3 aromatic carbocycles. The van der Waals surface area contributed by atoms with Crippen LogP contribution < -0.4 is 5.32 Å². The van der Waals surface area contributed by atoms with Crippen LogP contribution >= 0.6 is 0 Å². The number of hydrogen-bond acceptors (Lipinski definition) is 4. The summed E-state index contributed by atoms with van der Waals surface area (Å²) in [6.07, 6.45) is 0. The second-order valence-electron chi connectivity index (χ2n) is 7.02. The molecule has 1 amide bonds. The first kappa shape index (κ1) is 19.3. The van der Waals surface area contributed by atoms with Crippen molar-refractivity contribution in [3.8, 4) is 11.3 Å². The van der Waals surface area contributed by atoms with Crippen molar-refractivity contribution in [2.75, 3.05) is 12.4 Å². The number of carbonyl (C=O) groups excluding carboxylic acids is 1. The van der Waals surface area contributed by atoms with Gasteiger partial charge in [0.1, 0.15) is 0 Å². The molecule has 0 bridgehead atoms. The van der Waals surface area contributed by atoms with Crippen molar-refractivity contribution in [1.29, 1.82) is 0 Å². The minimum atomic E-state index is -0.0163. The maximum Gasteiger partial charge on any atom is 0.253 e. The van der Waals surface area contributed by atoms with E-state index in [0.29, 0.717) is 17.9 Å². The monoisotopic (exact) mass is 394 g/mol. The van der Waals surface area contributed by atoms with Gasteiger partial charge in [0.2, 0.25) is 0 Å². The lowest BCUT2D eigenvalue weighted by Crippen LogP contribution is -2.26. The summed E-state index contributed by atoms with van der Waals surface area (Å²) in [6.45, 7) is 0.572. The number of carbonyl (C=O) groups is 1. The summed E-state index contributed by atoms with van der Waals surface area (Å²) >= 11 is 0. The topological polar surface area (TPSA) is 58.1 Å². The Morgan fingerprint density at radius 3 is 2.10 bits per heavy atom. The van der Waals surface area contributed by atoms with Gasteiger partial charge in [0, 0.05) is 30.4 Å². The molecule has 0 saturated heterocycles. The summed E-state index contributed by atoms with van der Waals surface area (Å²) in [5.74, 6) is 0.632. The Balaban J connectivity index is 1.39. The van der Waals surface area contributed by atoms with Crippen molar-refractivity contribution < 1.29 is 4.79 Å². The molecule has 4 rings (SSSR count). The van der Waals surface area contributed by atoms with Crippen molar-refractivity contribution in [2.45, 2.75) is 6.54 Å². The van der Waals surface area contributed by atoms with Gasteiger partial charge in [-0.2, -0.15) is 0 Å². The van der Waals surface area contributed by atoms with Crippen LogP contribution in [0.15, 0.2) is 97.1 Å². The van der Waals surface area contributed by atoms with E-state index in [2.05, 4.69) is 15.5 Å². The molecule has 0 saturated carbocycles. The Kier molecular flexibility index (Phi) is 5.80. The van der Waals surface area contributed by atoms with Gasteiger partial charge in [0.05, 0.1) is 5.69 Å². The smallest absolute Gasteiger partial charge is 0.253 e. The highest BCUT2D eigenvalue weighted by Crippen LogP contribution is 2.19. The lowest BCUT2D eigenvalue weighted by atomic mass is 10.1. The second-order valence-corrected chi connectivity index (χ2v) is 7.02. The highest BCUT2D eigenvalue weighted by Gasteiger charge is 2.12. The molecule has 0 aliphatic heterocycles. The third-order valence-corrected chi connectivity index (χ3v) is 4.75. The Labute approximate surface area is 176 Å². The molecule has 5 nitrogen and oxygen atoms in total. The number of nitrogens with one attached hydrogen (secondary N) is 1. The van der Waals surface area contributed by atoms with Crippen LogP contribution in [-0.4, -0.2) is 28.1 Å². The molecule has 0 spiro atoms. The van der Waals surface area contributed by atoms with Crippen molar-refractivity contribution in [3.05, 3.63) is 108 Å². The minimum Gasteiger partial charge on any atom is -0.339 e. The molecule has 0 atom stereocenters. The molecule has 4 aromatic rings. The molecule has 30 heavy (non-hydrogen) atoms. The molecule has 1 N–H and O–H groups in total. The van der Waals surface area contributed by atoms with Crippen LogP contribution in [0.2, 0.25) is 0 Å². The maximum absolute atomic E-state index is 12.7.